The van der Waals surface area contributed by atoms with E-state index in [-0.39, 0.29) is 0 Å². The molecule has 0 fully saturated rings. The summed E-state index contributed by atoms with van der Waals surface area (Å²) < 4.78 is 3.08. The van der Waals surface area contributed by atoms with Gasteiger partial charge in [0.2, 0.25) is 0 Å². The van der Waals surface area contributed by atoms with Crippen LogP contribution >= 0.6 is 22.7 Å². The summed E-state index contributed by atoms with van der Waals surface area (Å²) in [6.07, 6.45) is 3.83. The molecular weight excluding hydrogens is 845 g/mol. The van der Waals surface area contributed by atoms with Crippen LogP contribution < -0.4 is 30.5 Å². The maximum absolute atomic E-state index is 4.02. The van der Waals surface area contributed by atoms with E-state index in [2.05, 4.69) is 242 Å². The molecule has 0 radical (unpaired) electrons. The molecule has 0 aliphatic carbocycles. The van der Waals surface area contributed by atoms with Gasteiger partial charge in [0.05, 0.1) is 11.4 Å². The van der Waals surface area contributed by atoms with Gasteiger partial charge in [-0.15, -0.1) is 22.7 Å². The van der Waals surface area contributed by atoms with Crippen molar-refractivity contribution in [3.63, 3.8) is 0 Å². The van der Waals surface area contributed by atoms with Crippen LogP contribution in [-0.2, 0) is 0 Å². The van der Waals surface area contributed by atoms with Crippen LogP contribution in [0.2, 0.25) is 26.2 Å². The third kappa shape index (κ3) is 5.73. The van der Waals surface area contributed by atoms with Gasteiger partial charge in [0.15, 0.2) is 0 Å². The molecule has 0 atom stereocenters. The number of nitrogens with zero attached hydrogens (tertiary/aromatic N) is 2. The minimum atomic E-state index is -2.12. The van der Waals surface area contributed by atoms with Gasteiger partial charge in [-0.05, 0) is 114 Å². The third-order valence-electron chi connectivity index (χ3n) is 13.9. The van der Waals surface area contributed by atoms with Gasteiger partial charge >= 0.3 is 0 Å². The summed E-state index contributed by atoms with van der Waals surface area (Å²) in [6, 6.07) is 63.1. The maximum atomic E-state index is 4.02. The van der Waals surface area contributed by atoms with E-state index in [0.717, 1.165) is 22.5 Å². The largest absolute Gasteiger partial charge is 0.310 e. The minimum Gasteiger partial charge on any atom is -0.310 e. The van der Waals surface area contributed by atoms with Crippen molar-refractivity contribution < 1.29 is 0 Å². The number of rotatable bonds is 8. The highest BCUT2D eigenvalue weighted by atomic mass is 32.1. The smallest absolute Gasteiger partial charge is 0.116 e. The second-order valence-corrected chi connectivity index (χ2v) is 28.9. The number of anilines is 6. The Kier molecular flexibility index (Phi) is 8.85. The molecule has 2 aliphatic rings. The Bertz CT molecular complexity index is 3310. The van der Waals surface area contributed by atoms with Crippen molar-refractivity contribution in [2.75, 3.05) is 9.80 Å². The molecule has 10 aromatic rings. The summed E-state index contributed by atoms with van der Waals surface area (Å²) in [7, 11) is -4.24. The molecule has 2 nitrogen and oxygen atoms in total. The Balaban J connectivity index is 0.970. The van der Waals surface area contributed by atoms with Crippen LogP contribution in [-0.4, -0.2) is 16.1 Å². The number of hydrogen-bond donors (Lipinski definition) is 0. The van der Waals surface area contributed by atoms with E-state index in [1.165, 1.54) is 75.5 Å². The number of benzene rings is 8. The molecule has 0 spiro atoms. The molecule has 0 saturated carbocycles. The van der Waals surface area contributed by atoms with Gasteiger partial charge in [0.25, 0.3) is 0 Å². The summed E-state index contributed by atoms with van der Waals surface area (Å²) in [5.41, 5.74) is 12.2. The topological polar surface area (TPSA) is 6.48 Å². The fraction of sp³-hybridized carbons (Fsp3) is 0.0690. The van der Waals surface area contributed by atoms with Crippen LogP contribution in [0.1, 0.15) is 11.1 Å². The van der Waals surface area contributed by atoms with Gasteiger partial charge in [-0.1, -0.05) is 161 Å². The Morgan fingerprint density at radius 2 is 0.797 bits per heavy atom. The van der Waals surface area contributed by atoms with Crippen molar-refractivity contribution >= 4 is 137 Å². The van der Waals surface area contributed by atoms with E-state index < -0.39 is 16.1 Å². The van der Waals surface area contributed by atoms with Gasteiger partial charge in [-0.3, -0.25) is 0 Å². The molecule has 12 rings (SSSR count). The van der Waals surface area contributed by atoms with E-state index >= 15 is 0 Å². The molecule has 64 heavy (non-hydrogen) atoms. The predicted octanol–water partition coefficient (Wildman–Crippen LogP) is 15.1. The van der Waals surface area contributed by atoms with Crippen molar-refractivity contribution in [2.24, 2.45) is 0 Å². The first-order chi connectivity index (χ1) is 31.1. The Labute approximate surface area is 385 Å². The molecule has 0 bridgehead atoms. The molecular formula is C58H46N2S2Si2. The van der Waals surface area contributed by atoms with Crippen molar-refractivity contribution in [1.29, 1.82) is 0 Å². The first-order valence-corrected chi connectivity index (χ1v) is 29.7. The molecule has 0 amide bonds. The molecule has 6 heteroatoms. The van der Waals surface area contributed by atoms with Crippen molar-refractivity contribution in [3.8, 4) is 20.9 Å². The standard InChI is InChI=1S/C58H46N2S2Si2/c1-7-37-23-27-41(28-24-37)59(49-21-13-17-39-15-9-11-19-45(39)49)43-31-33-47-51(35-43)63(3,4)57-53(47)61-56-55(57)62-54-48-34-32-44(36-52(48)64(5,6)58(54)56)60(42-29-25-38(8-2)26-30-42)50-22-14-18-40-16-10-12-20-46(40)50/h7-36H,1-2H2,3-6H3. The summed E-state index contributed by atoms with van der Waals surface area (Å²) >= 11 is 4.15. The molecule has 0 saturated heterocycles. The highest BCUT2D eigenvalue weighted by Crippen LogP contribution is 2.49. The van der Waals surface area contributed by atoms with Gasteiger partial charge in [-0.25, -0.2) is 0 Å². The fourth-order valence-electron chi connectivity index (χ4n) is 10.7. The zero-order chi connectivity index (χ0) is 43.5. The van der Waals surface area contributed by atoms with Gasteiger partial charge in [0, 0.05) is 52.7 Å². The minimum absolute atomic E-state index is 1.12. The molecule has 2 aromatic heterocycles. The monoisotopic (exact) mass is 890 g/mol. The molecule has 0 N–H and O–H groups in total. The van der Waals surface area contributed by atoms with Crippen molar-refractivity contribution in [3.05, 3.63) is 194 Å². The first-order valence-electron chi connectivity index (χ1n) is 22.1. The highest BCUT2D eigenvalue weighted by Gasteiger charge is 2.47. The van der Waals surface area contributed by atoms with Crippen LogP contribution in [0.3, 0.4) is 0 Å². The average molecular weight is 891 g/mol. The normalized spacial score (nSPS) is 14.0. The van der Waals surface area contributed by atoms with Gasteiger partial charge in [0.1, 0.15) is 16.1 Å². The summed E-state index contributed by atoms with van der Waals surface area (Å²) in [4.78, 5) is 7.92. The lowest BCUT2D eigenvalue weighted by molar-refractivity contribution is 1.30. The average Bonchev–Trinajstić information content (AvgIpc) is 4.01. The lowest BCUT2D eigenvalue weighted by atomic mass is 10.1. The molecule has 308 valence electrons. The summed E-state index contributed by atoms with van der Waals surface area (Å²) in [5, 5.41) is 11.3. The maximum Gasteiger partial charge on any atom is 0.116 e. The van der Waals surface area contributed by atoms with Crippen LogP contribution in [0.25, 0.3) is 64.0 Å². The van der Waals surface area contributed by atoms with Crippen molar-refractivity contribution in [2.45, 2.75) is 26.2 Å². The molecule has 8 aromatic carbocycles. The lowest BCUT2D eigenvalue weighted by Crippen LogP contribution is -2.50. The quantitative estimate of drug-likeness (QED) is 0.140. The first kappa shape index (κ1) is 39.1. The Morgan fingerprint density at radius 1 is 0.422 bits per heavy atom. The summed E-state index contributed by atoms with van der Waals surface area (Å²) in [6.45, 7) is 18.4. The number of thiophene rings is 2. The van der Waals surface area contributed by atoms with Crippen LogP contribution in [0.5, 0.6) is 0 Å². The number of hydrogen-bond acceptors (Lipinski definition) is 4. The third-order valence-corrected chi connectivity index (χ3v) is 24.3. The summed E-state index contributed by atoms with van der Waals surface area (Å²) in [5.74, 6) is 0. The van der Waals surface area contributed by atoms with E-state index in [1.807, 2.05) is 12.2 Å². The van der Waals surface area contributed by atoms with Crippen LogP contribution in [0.15, 0.2) is 183 Å². The molecule has 2 aliphatic heterocycles. The number of fused-ring (bicyclic) bond motifs is 11. The van der Waals surface area contributed by atoms with Crippen molar-refractivity contribution in [1.82, 2.24) is 0 Å². The zero-order valence-electron chi connectivity index (χ0n) is 36.4. The zero-order valence-corrected chi connectivity index (χ0v) is 40.1. The lowest BCUT2D eigenvalue weighted by Gasteiger charge is -2.29. The second-order valence-electron chi connectivity index (χ2n) is 18.2. The van der Waals surface area contributed by atoms with E-state index in [4.69, 9.17) is 0 Å². The van der Waals surface area contributed by atoms with E-state index in [9.17, 15) is 0 Å². The highest BCUT2D eigenvalue weighted by molar-refractivity contribution is 7.39. The molecule has 0 unspecified atom stereocenters. The van der Waals surface area contributed by atoms with Crippen LogP contribution in [0, 0.1) is 0 Å². The Hall–Kier alpha value is -6.55. The van der Waals surface area contributed by atoms with Crippen LogP contribution in [0.4, 0.5) is 34.1 Å². The predicted molar refractivity (Wildman–Crippen MR) is 289 cm³/mol. The van der Waals surface area contributed by atoms with E-state index in [0.29, 0.717) is 0 Å². The second kappa shape index (κ2) is 14.5. The fourth-order valence-corrected chi connectivity index (χ4v) is 23.4. The SMILES string of the molecule is C=Cc1ccc(N(c2ccc3c(c2)[Si](C)(C)c2c-3sc3c4c(sc23)-c2ccc(N(c3ccc(C=C)cc3)c3cccc5ccccc35)cc2[Si]4(C)C)c2cccc3ccccc23)cc1. The van der Waals surface area contributed by atoms with Gasteiger partial charge < -0.3 is 9.80 Å². The Morgan fingerprint density at radius 3 is 1.20 bits per heavy atom. The molecule has 4 heterocycles. The van der Waals surface area contributed by atoms with E-state index in [1.54, 1.807) is 19.8 Å². The van der Waals surface area contributed by atoms with Gasteiger partial charge in [-0.2, -0.15) is 0 Å².